The lowest BCUT2D eigenvalue weighted by Gasteiger charge is -2.27. The minimum absolute atomic E-state index is 0.152. The van der Waals surface area contributed by atoms with Gasteiger partial charge in [-0.05, 0) is 36.8 Å². The Morgan fingerprint density at radius 1 is 1.12 bits per heavy atom. The Hall–Kier alpha value is -1.36. The van der Waals surface area contributed by atoms with Crippen LogP contribution in [0.4, 0.5) is 0 Å². The second-order valence-corrected chi connectivity index (χ2v) is 8.91. The Balaban J connectivity index is 3.24. The van der Waals surface area contributed by atoms with E-state index in [1.54, 1.807) is 13.8 Å². The standard InChI is InChI=1S/C19H32NO5P/c1-8-24-19(21)15(6)20-26(22,12-23-7)25-18-16(13(2)3)10-9-11-17(18)14(4)5/h9-11,13-15H,8,12H2,1-7H3,(H,20,22)/t15-,26?/m1/s1. The topological polar surface area (TPSA) is 73.9 Å². The van der Waals surface area contributed by atoms with E-state index >= 15 is 0 Å². The zero-order valence-corrected chi connectivity index (χ0v) is 17.8. The molecule has 7 heteroatoms. The van der Waals surface area contributed by atoms with Crippen LogP contribution in [0.3, 0.4) is 0 Å². The highest BCUT2D eigenvalue weighted by Crippen LogP contribution is 2.48. The summed E-state index contributed by atoms with van der Waals surface area (Å²) in [6.07, 6.45) is -0.152. The van der Waals surface area contributed by atoms with Crippen molar-refractivity contribution in [3.63, 3.8) is 0 Å². The fourth-order valence-corrected chi connectivity index (χ4v) is 4.33. The van der Waals surface area contributed by atoms with Gasteiger partial charge in [0.05, 0.1) is 6.61 Å². The van der Waals surface area contributed by atoms with Crippen molar-refractivity contribution in [3.05, 3.63) is 29.3 Å². The molecule has 0 aliphatic carbocycles. The first kappa shape index (κ1) is 22.7. The van der Waals surface area contributed by atoms with Crippen LogP contribution < -0.4 is 9.61 Å². The summed E-state index contributed by atoms with van der Waals surface area (Å²) in [7, 11) is -2.03. The zero-order valence-electron chi connectivity index (χ0n) is 16.9. The van der Waals surface area contributed by atoms with E-state index in [-0.39, 0.29) is 24.8 Å². The van der Waals surface area contributed by atoms with Gasteiger partial charge in [0.2, 0.25) is 0 Å². The maximum Gasteiger partial charge on any atom is 0.342 e. The number of methoxy groups -OCH3 is 1. The summed E-state index contributed by atoms with van der Waals surface area (Å²) in [5.74, 6) is 0.513. The predicted octanol–water partition coefficient (Wildman–Crippen LogP) is 4.65. The predicted molar refractivity (Wildman–Crippen MR) is 104 cm³/mol. The van der Waals surface area contributed by atoms with Crippen LogP contribution in [0.15, 0.2) is 18.2 Å². The highest BCUT2D eigenvalue weighted by Gasteiger charge is 2.32. The first-order valence-electron chi connectivity index (χ1n) is 9.00. The number of hydrogen-bond donors (Lipinski definition) is 1. The van der Waals surface area contributed by atoms with Crippen molar-refractivity contribution in [2.45, 2.75) is 59.4 Å². The van der Waals surface area contributed by atoms with Gasteiger partial charge in [-0.25, -0.2) is 5.09 Å². The maximum atomic E-state index is 13.4. The largest absolute Gasteiger partial charge is 0.465 e. The normalized spacial score (nSPS) is 15.0. The van der Waals surface area contributed by atoms with Crippen LogP contribution in [0.2, 0.25) is 0 Å². The molecule has 1 aromatic carbocycles. The average molecular weight is 385 g/mol. The van der Waals surface area contributed by atoms with E-state index in [1.165, 1.54) is 7.11 Å². The Labute approximate surface area is 157 Å². The summed E-state index contributed by atoms with van der Waals surface area (Å²) >= 11 is 0. The molecule has 0 saturated carbocycles. The number of benzene rings is 1. The van der Waals surface area contributed by atoms with E-state index in [9.17, 15) is 9.36 Å². The first-order valence-corrected chi connectivity index (χ1v) is 10.8. The van der Waals surface area contributed by atoms with Gasteiger partial charge in [0.1, 0.15) is 18.1 Å². The first-order chi connectivity index (χ1) is 12.1. The van der Waals surface area contributed by atoms with Gasteiger partial charge in [0.15, 0.2) is 0 Å². The molecule has 1 unspecified atom stereocenters. The maximum absolute atomic E-state index is 13.4. The fraction of sp³-hybridized carbons (Fsp3) is 0.632. The number of ether oxygens (including phenoxy) is 2. The third kappa shape index (κ3) is 6.11. The minimum atomic E-state index is -3.48. The van der Waals surface area contributed by atoms with Crippen molar-refractivity contribution in [1.82, 2.24) is 5.09 Å². The number of carbonyl (C=O) groups excluding carboxylic acids is 1. The van der Waals surface area contributed by atoms with Crippen LogP contribution >= 0.6 is 7.52 Å². The van der Waals surface area contributed by atoms with E-state index in [1.807, 2.05) is 18.2 Å². The van der Waals surface area contributed by atoms with Crippen LogP contribution in [-0.4, -0.2) is 32.1 Å². The molecule has 1 rings (SSSR count). The Morgan fingerprint density at radius 3 is 2.08 bits per heavy atom. The van der Waals surface area contributed by atoms with Gasteiger partial charge in [-0.15, -0.1) is 0 Å². The SMILES string of the molecule is CCOC(=O)[C@@H](C)NP(=O)(COC)Oc1c(C(C)C)cccc1C(C)C. The second-order valence-electron chi connectivity index (χ2n) is 6.86. The molecule has 0 saturated heterocycles. The molecule has 148 valence electrons. The monoisotopic (exact) mass is 385 g/mol. The number of para-hydroxylation sites is 1. The molecule has 6 nitrogen and oxygen atoms in total. The summed E-state index contributed by atoms with van der Waals surface area (Å²) < 4.78 is 29.5. The van der Waals surface area contributed by atoms with Crippen molar-refractivity contribution >= 4 is 13.5 Å². The van der Waals surface area contributed by atoms with Gasteiger partial charge in [0.25, 0.3) is 0 Å². The molecule has 0 aromatic heterocycles. The lowest BCUT2D eigenvalue weighted by atomic mass is 9.94. The molecule has 0 radical (unpaired) electrons. The van der Waals surface area contributed by atoms with Crippen LogP contribution in [0.25, 0.3) is 0 Å². The summed E-state index contributed by atoms with van der Waals surface area (Å²) in [5.41, 5.74) is 1.94. The molecular weight excluding hydrogens is 353 g/mol. The van der Waals surface area contributed by atoms with Crippen molar-refractivity contribution in [3.8, 4) is 5.75 Å². The zero-order chi connectivity index (χ0) is 19.9. The third-order valence-corrected chi connectivity index (χ3v) is 5.74. The number of carbonyl (C=O) groups is 1. The van der Waals surface area contributed by atoms with Crippen LogP contribution in [0.1, 0.15) is 64.5 Å². The highest BCUT2D eigenvalue weighted by molar-refractivity contribution is 7.57. The Morgan fingerprint density at radius 2 is 1.65 bits per heavy atom. The second kappa shape index (κ2) is 10.1. The van der Waals surface area contributed by atoms with Gasteiger partial charge >= 0.3 is 13.5 Å². The van der Waals surface area contributed by atoms with Gasteiger partial charge in [-0.1, -0.05) is 45.9 Å². The van der Waals surface area contributed by atoms with Crippen molar-refractivity contribution in [1.29, 1.82) is 0 Å². The summed E-state index contributed by atoms with van der Waals surface area (Å²) in [5, 5.41) is 2.79. The number of nitrogens with one attached hydrogen (secondary N) is 1. The molecule has 1 aromatic rings. The molecule has 2 atom stereocenters. The molecular formula is C19H32NO5P. The van der Waals surface area contributed by atoms with Crippen LogP contribution in [-0.2, 0) is 18.8 Å². The van der Waals surface area contributed by atoms with Gasteiger partial charge in [-0.3, -0.25) is 9.36 Å². The molecule has 1 N–H and O–H groups in total. The third-order valence-electron chi connectivity index (χ3n) is 3.89. The molecule has 0 bridgehead atoms. The van der Waals surface area contributed by atoms with E-state index < -0.39 is 19.5 Å². The number of esters is 1. The molecule has 0 heterocycles. The van der Waals surface area contributed by atoms with Crippen LogP contribution in [0, 0.1) is 0 Å². The lowest BCUT2D eigenvalue weighted by molar-refractivity contribution is -0.144. The van der Waals surface area contributed by atoms with Gasteiger partial charge < -0.3 is 14.0 Å². The molecule has 26 heavy (non-hydrogen) atoms. The Kier molecular flexibility index (Phi) is 8.81. The molecule has 0 fully saturated rings. The molecule has 0 aliphatic heterocycles. The molecule has 0 spiro atoms. The van der Waals surface area contributed by atoms with Gasteiger partial charge in [0, 0.05) is 7.11 Å². The summed E-state index contributed by atoms with van der Waals surface area (Å²) in [6.45, 7) is 11.8. The summed E-state index contributed by atoms with van der Waals surface area (Å²) in [4.78, 5) is 11.9. The highest BCUT2D eigenvalue weighted by atomic mass is 31.2. The Bertz CT molecular complexity index is 619. The number of hydrogen-bond acceptors (Lipinski definition) is 5. The van der Waals surface area contributed by atoms with Crippen molar-refractivity contribution in [2.24, 2.45) is 0 Å². The van der Waals surface area contributed by atoms with E-state index in [4.69, 9.17) is 14.0 Å². The van der Waals surface area contributed by atoms with Crippen molar-refractivity contribution in [2.75, 3.05) is 20.1 Å². The molecule has 0 amide bonds. The van der Waals surface area contributed by atoms with E-state index in [0.717, 1.165) is 11.1 Å². The van der Waals surface area contributed by atoms with E-state index in [0.29, 0.717) is 5.75 Å². The van der Waals surface area contributed by atoms with Crippen LogP contribution in [0.5, 0.6) is 5.75 Å². The minimum Gasteiger partial charge on any atom is -0.465 e. The van der Waals surface area contributed by atoms with Gasteiger partial charge in [-0.2, -0.15) is 0 Å². The quantitative estimate of drug-likeness (QED) is 0.467. The van der Waals surface area contributed by atoms with Crippen molar-refractivity contribution < 1.29 is 23.4 Å². The lowest BCUT2D eigenvalue weighted by Crippen LogP contribution is -2.35. The average Bonchev–Trinajstić information content (AvgIpc) is 2.54. The number of rotatable bonds is 10. The fourth-order valence-electron chi connectivity index (χ4n) is 2.61. The van der Waals surface area contributed by atoms with E-state index in [2.05, 4.69) is 32.8 Å². The smallest absolute Gasteiger partial charge is 0.342 e. The summed E-state index contributed by atoms with van der Waals surface area (Å²) in [6, 6.07) is 5.15. The molecule has 0 aliphatic rings.